The molecule has 0 saturated carbocycles. The van der Waals surface area contributed by atoms with Crippen LogP contribution in [-0.2, 0) is 16.6 Å². The van der Waals surface area contributed by atoms with Gasteiger partial charge in [0.2, 0.25) is 10.0 Å². The van der Waals surface area contributed by atoms with Crippen molar-refractivity contribution >= 4 is 33.2 Å². The third-order valence-corrected chi connectivity index (χ3v) is 7.10. The molecule has 1 amide bonds. The second-order valence-corrected chi connectivity index (χ2v) is 8.77. The fourth-order valence-electron chi connectivity index (χ4n) is 2.68. The number of benzene rings is 1. The van der Waals surface area contributed by atoms with E-state index >= 15 is 0 Å². The number of carbonyl (C=O) groups excluding carboxylic acids is 2. The highest BCUT2D eigenvalue weighted by Gasteiger charge is 2.28. The number of hydrogen-bond acceptors (Lipinski definition) is 6. The maximum atomic E-state index is 12.5. The molecule has 0 atom stereocenters. The molecule has 1 N–H and O–H groups in total. The summed E-state index contributed by atoms with van der Waals surface area (Å²) in [6.45, 7) is 1.24. The predicted octanol–water partition coefficient (Wildman–Crippen LogP) is 0.826. The highest BCUT2D eigenvalue weighted by atomic mass is 32.2. The van der Waals surface area contributed by atoms with Crippen LogP contribution < -0.4 is 10.4 Å². The molecule has 0 aliphatic carbocycles. The lowest BCUT2D eigenvalue weighted by molar-refractivity contribution is -0.255. The Hall–Kier alpha value is -2.23. The van der Waals surface area contributed by atoms with Gasteiger partial charge in [0, 0.05) is 25.0 Å². The van der Waals surface area contributed by atoms with Gasteiger partial charge in [0.05, 0.1) is 15.7 Å². The first-order valence-electron chi connectivity index (χ1n) is 8.05. The average molecular weight is 393 g/mol. The fourth-order valence-corrected chi connectivity index (χ4v) is 5.37. The molecule has 0 bridgehead atoms. The Morgan fingerprint density at radius 3 is 2.42 bits per heavy atom. The maximum absolute atomic E-state index is 12.5. The fraction of sp³-hybridized carbons (Fsp3) is 0.294. The smallest absolute Gasteiger partial charge is 0.261 e. The van der Waals surface area contributed by atoms with Crippen molar-refractivity contribution < 1.29 is 23.1 Å². The number of nitrogens with zero attached hydrogens (tertiary/aromatic N) is 1. The molecule has 1 saturated heterocycles. The minimum atomic E-state index is -3.53. The van der Waals surface area contributed by atoms with E-state index in [0.29, 0.717) is 18.0 Å². The number of carboxylic acid groups (broad SMARTS) is 1. The average Bonchev–Trinajstić information content (AvgIpc) is 3.31. The van der Waals surface area contributed by atoms with Crippen LogP contribution in [0.4, 0.5) is 0 Å². The summed E-state index contributed by atoms with van der Waals surface area (Å²) < 4.78 is 26.4. The normalized spacial score (nSPS) is 15.1. The van der Waals surface area contributed by atoms with Gasteiger partial charge < -0.3 is 15.2 Å². The summed E-state index contributed by atoms with van der Waals surface area (Å²) in [5.41, 5.74) is 0.792. The van der Waals surface area contributed by atoms with Crippen LogP contribution in [0.3, 0.4) is 0 Å². The summed E-state index contributed by atoms with van der Waals surface area (Å²) in [5, 5.41) is 14.9. The lowest BCUT2D eigenvalue weighted by atomic mass is 10.1. The van der Waals surface area contributed by atoms with Crippen LogP contribution in [0.15, 0.2) is 40.6 Å². The van der Waals surface area contributed by atoms with E-state index in [2.05, 4.69) is 5.32 Å². The van der Waals surface area contributed by atoms with E-state index in [-0.39, 0.29) is 22.9 Å². The van der Waals surface area contributed by atoms with Crippen LogP contribution in [0.25, 0.3) is 0 Å². The molecule has 26 heavy (non-hydrogen) atoms. The number of aromatic carboxylic acids is 1. The van der Waals surface area contributed by atoms with E-state index in [9.17, 15) is 23.1 Å². The third-order valence-electron chi connectivity index (χ3n) is 4.14. The summed E-state index contributed by atoms with van der Waals surface area (Å²) in [6, 6.07) is 7.38. The molecule has 1 aromatic heterocycles. The monoisotopic (exact) mass is 393 g/mol. The van der Waals surface area contributed by atoms with Crippen LogP contribution in [0.5, 0.6) is 0 Å². The van der Waals surface area contributed by atoms with E-state index in [0.717, 1.165) is 29.7 Å². The van der Waals surface area contributed by atoms with Crippen LogP contribution in [0, 0.1) is 0 Å². The predicted molar refractivity (Wildman–Crippen MR) is 94.3 cm³/mol. The largest absolute Gasteiger partial charge is 0.545 e. The molecule has 0 unspecified atom stereocenters. The van der Waals surface area contributed by atoms with Crippen molar-refractivity contribution in [3.8, 4) is 0 Å². The number of hydrogen-bond donors (Lipinski definition) is 1. The summed E-state index contributed by atoms with van der Waals surface area (Å²) in [7, 11) is -3.53. The molecule has 1 aliphatic rings. The number of carbonyl (C=O) groups is 2. The topological polar surface area (TPSA) is 107 Å². The quantitative estimate of drug-likeness (QED) is 0.782. The van der Waals surface area contributed by atoms with Crippen molar-refractivity contribution in [1.29, 1.82) is 0 Å². The Bertz CT molecular complexity index is 913. The van der Waals surface area contributed by atoms with Gasteiger partial charge in [-0.05, 0) is 30.0 Å². The highest BCUT2D eigenvalue weighted by Crippen LogP contribution is 2.25. The molecule has 0 radical (unpaired) electrons. The molecule has 7 nitrogen and oxygen atoms in total. The molecule has 2 heterocycles. The first kappa shape index (κ1) is 18.6. The zero-order valence-corrected chi connectivity index (χ0v) is 15.4. The SMILES string of the molecule is O=C([O-])c1ccc(CNC(=O)c2cc(S(=O)(=O)N3CCCC3)cs2)cc1. The van der Waals surface area contributed by atoms with Crippen molar-refractivity contribution in [1.82, 2.24) is 9.62 Å². The molecule has 0 spiro atoms. The minimum Gasteiger partial charge on any atom is -0.545 e. The summed E-state index contributed by atoms with van der Waals surface area (Å²) in [5.74, 6) is -1.63. The molecule has 9 heteroatoms. The standard InChI is InChI=1S/C17H18N2O5S2/c20-16(18-10-12-3-5-13(6-4-12)17(21)22)15-9-14(11-25-15)26(23,24)19-7-1-2-8-19/h3-6,9,11H,1-2,7-8,10H2,(H,18,20)(H,21,22)/p-1. The molecule has 1 aliphatic heterocycles. The summed E-state index contributed by atoms with van der Waals surface area (Å²) in [4.78, 5) is 23.4. The maximum Gasteiger partial charge on any atom is 0.261 e. The van der Waals surface area contributed by atoms with Gasteiger partial charge in [-0.15, -0.1) is 11.3 Å². The number of rotatable bonds is 6. The second-order valence-electron chi connectivity index (χ2n) is 5.92. The van der Waals surface area contributed by atoms with Crippen molar-refractivity contribution in [2.24, 2.45) is 0 Å². The number of nitrogens with one attached hydrogen (secondary N) is 1. The molecule has 1 fully saturated rings. The van der Waals surface area contributed by atoms with E-state index in [1.807, 2.05) is 0 Å². The zero-order chi connectivity index (χ0) is 18.7. The lowest BCUT2D eigenvalue weighted by Crippen LogP contribution is -2.27. The zero-order valence-electron chi connectivity index (χ0n) is 13.8. The molecule has 3 rings (SSSR count). The number of sulfonamides is 1. The number of thiophene rings is 1. The van der Waals surface area contributed by atoms with Crippen LogP contribution in [-0.4, -0.2) is 37.7 Å². The first-order valence-corrected chi connectivity index (χ1v) is 10.4. The minimum absolute atomic E-state index is 0.0649. The molecule has 138 valence electrons. The lowest BCUT2D eigenvalue weighted by Gasteiger charge is -2.13. The third kappa shape index (κ3) is 3.95. The highest BCUT2D eigenvalue weighted by molar-refractivity contribution is 7.89. The Morgan fingerprint density at radius 2 is 1.81 bits per heavy atom. The number of carboxylic acids is 1. The Kier molecular flexibility index (Phi) is 5.40. The molecular formula is C17H17N2O5S2-. The molecule has 2 aromatic rings. The van der Waals surface area contributed by atoms with Crippen molar-refractivity contribution in [3.63, 3.8) is 0 Å². The second kappa shape index (κ2) is 7.56. The van der Waals surface area contributed by atoms with Gasteiger partial charge in [-0.1, -0.05) is 24.3 Å². The first-order chi connectivity index (χ1) is 12.4. The van der Waals surface area contributed by atoms with Gasteiger partial charge in [-0.3, -0.25) is 4.79 Å². The van der Waals surface area contributed by atoms with Crippen molar-refractivity contribution in [2.75, 3.05) is 13.1 Å². The van der Waals surface area contributed by atoms with Gasteiger partial charge in [0.15, 0.2) is 0 Å². The summed E-state index contributed by atoms with van der Waals surface area (Å²) >= 11 is 1.08. The van der Waals surface area contributed by atoms with Gasteiger partial charge in [0.25, 0.3) is 5.91 Å². The van der Waals surface area contributed by atoms with Gasteiger partial charge in [0.1, 0.15) is 0 Å². The molecular weight excluding hydrogens is 376 g/mol. The van der Waals surface area contributed by atoms with Crippen molar-refractivity contribution in [2.45, 2.75) is 24.3 Å². The number of amides is 1. The van der Waals surface area contributed by atoms with Crippen molar-refractivity contribution in [3.05, 3.63) is 51.7 Å². The molecule has 1 aromatic carbocycles. The van der Waals surface area contributed by atoms with E-state index < -0.39 is 16.0 Å². The Morgan fingerprint density at radius 1 is 1.15 bits per heavy atom. The summed E-state index contributed by atoms with van der Waals surface area (Å²) in [6.07, 6.45) is 1.71. The van der Waals surface area contributed by atoms with Crippen LogP contribution in [0.1, 0.15) is 38.4 Å². The van der Waals surface area contributed by atoms with E-state index in [4.69, 9.17) is 0 Å². The van der Waals surface area contributed by atoms with Gasteiger partial charge in [-0.2, -0.15) is 4.31 Å². The van der Waals surface area contributed by atoms with E-state index in [1.54, 1.807) is 12.1 Å². The Balaban J connectivity index is 1.64. The Labute approximate surface area is 155 Å². The van der Waals surface area contributed by atoms with Gasteiger partial charge in [-0.25, -0.2) is 8.42 Å². The van der Waals surface area contributed by atoms with E-state index in [1.165, 1.54) is 27.9 Å². The van der Waals surface area contributed by atoms with Gasteiger partial charge >= 0.3 is 0 Å². The van der Waals surface area contributed by atoms with Crippen LogP contribution in [0.2, 0.25) is 0 Å². The van der Waals surface area contributed by atoms with Crippen LogP contribution >= 0.6 is 11.3 Å².